The second-order valence-electron chi connectivity index (χ2n) is 5.64. The molecule has 1 N–H and O–H groups in total. The molecule has 2 rings (SSSR count). The molecule has 1 aliphatic heterocycles. The van der Waals surface area contributed by atoms with E-state index < -0.39 is 0 Å². The minimum atomic E-state index is -0.210. The lowest BCUT2D eigenvalue weighted by molar-refractivity contribution is -0.144. The molecule has 1 atom stereocenters. The molecule has 6 heteroatoms. The number of hydrogen-bond donors (Lipinski definition) is 1. The molecule has 24 heavy (non-hydrogen) atoms. The van der Waals surface area contributed by atoms with E-state index in [1.807, 2.05) is 13.0 Å². The molecule has 0 fully saturated rings. The summed E-state index contributed by atoms with van der Waals surface area (Å²) in [7, 11) is 3.18. The lowest BCUT2D eigenvalue weighted by Crippen LogP contribution is -2.45. The number of carbonyl (C=O) groups excluding carboxylic acids is 1. The summed E-state index contributed by atoms with van der Waals surface area (Å²) in [5.41, 5.74) is 2.66. The van der Waals surface area contributed by atoms with Gasteiger partial charge in [-0.3, -0.25) is 9.79 Å². The Bertz CT molecular complexity index is 587. The second kappa shape index (κ2) is 10.3. The molecule has 0 aromatic heterocycles. The van der Waals surface area contributed by atoms with E-state index >= 15 is 0 Å². The van der Waals surface area contributed by atoms with Crippen LogP contribution in [-0.2, 0) is 9.53 Å². The van der Waals surface area contributed by atoms with Crippen LogP contribution in [0.5, 0.6) is 0 Å². The Morgan fingerprint density at radius 1 is 1.38 bits per heavy atom. The number of benzene rings is 1. The minimum Gasteiger partial charge on any atom is -0.469 e. The van der Waals surface area contributed by atoms with Crippen LogP contribution >= 0.6 is 24.0 Å². The molecular weight excluding hydrogens is 417 g/mol. The predicted molar refractivity (Wildman–Crippen MR) is 109 cm³/mol. The van der Waals surface area contributed by atoms with E-state index in [0.717, 1.165) is 25.5 Å². The van der Waals surface area contributed by atoms with Crippen molar-refractivity contribution in [2.24, 2.45) is 10.9 Å². The van der Waals surface area contributed by atoms with Gasteiger partial charge in [-0.1, -0.05) is 43.3 Å². The molecule has 0 aliphatic carbocycles. The largest absolute Gasteiger partial charge is 0.469 e. The van der Waals surface area contributed by atoms with E-state index in [-0.39, 0.29) is 35.9 Å². The highest BCUT2D eigenvalue weighted by Crippen LogP contribution is 2.21. The summed E-state index contributed by atoms with van der Waals surface area (Å²) in [6.45, 7) is 4.09. The van der Waals surface area contributed by atoms with E-state index in [9.17, 15) is 4.79 Å². The number of methoxy groups -OCH3 is 1. The fourth-order valence-electron chi connectivity index (χ4n) is 2.64. The molecule has 132 valence electrons. The van der Waals surface area contributed by atoms with E-state index in [0.29, 0.717) is 6.54 Å². The van der Waals surface area contributed by atoms with E-state index in [1.165, 1.54) is 18.2 Å². The Hall–Kier alpha value is -1.57. The first-order chi connectivity index (χ1) is 11.2. The van der Waals surface area contributed by atoms with Gasteiger partial charge >= 0.3 is 5.97 Å². The predicted octanol–water partition coefficient (Wildman–Crippen LogP) is 2.78. The number of aliphatic imine (C=N–C) groups is 1. The maximum Gasteiger partial charge on any atom is 0.310 e. The van der Waals surface area contributed by atoms with Crippen molar-refractivity contribution in [1.82, 2.24) is 10.2 Å². The van der Waals surface area contributed by atoms with Crippen LogP contribution in [0.2, 0.25) is 0 Å². The lowest BCUT2D eigenvalue weighted by Gasteiger charge is -2.30. The summed E-state index contributed by atoms with van der Waals surface area (Å²) >= 11 is 0. The number of guanidine groups is 1. The van der Waals surface area contributed by atoms with Gasteiger partial charge in [-0.2, -0.15) is 0 Å². The maximum atomic E-state index is 11.5. The maximum absolute atomic E-state index is 11.5. The third-order valence-corrected chi connectivity index (χ3v) is 4.03. The summed E-state index contributed by atoms with van der Waals surface area (Å²) in [6.07, 6.45) is 3.23. The molecule has 1 aromatic carbocycles. The molecule has 0 saturated heterocycles. The first-order valence-corrected chi connectivity index (χ1v) is 7.93. The average Bonchev–Trinajstić information content (AvgIpc) is 2.62. The zero-order valence-electron chi connectivity index (χ0n) is 14.5. The Morgan fingerprint density at radius 3 is 2.62 bits per heavy atom. The van der Waals surface area contributed by atoms with Crippen molar-refractivity contribution in [3.63, 3.8) is 0 Å². The topological polar surface area (TPSA) is 53.9 Å². The zero-order valence-corrected chi connectivity index (χ0v) is 16.8. The number of hydrogen-bond acceptors (Lipinski definition) is 3. The smallest absolute Gasteiger partial charge is 0.310 e. The molecule has 0 saturated carbocycles. The number of ether oxygens (including phenoxy) is 1. The summed E-state index contributed by atoms with van der Waals surface area (Å²) < 4.78 is 4.74. The van der Waals surface area contributed by atoms with Gasteiger partial charge in [0.1, 0.15) is 0 Å². The van der Waals surface area contributed by atoms with Crippen molar-refractivity contribution in [2.45, 2.75) is 13.3 Å². The van der Waals surface area contributed by atoms with Gasteiger partial charge < -0.3 is 15.0 Å². The average molecular weight is 443 g/mol. The van der Waals surface area contributed by atoms with Crippen molar-refractivity contribution in [3.8, 4) is 0 Å². The van der Waals surface area contributed by atoms with Crippen LogP contribution in [0.1, 0.15) is 18.9 Å². The quantitative estimate of drug-likeness (QED) is 0.337. The molecule has 1 aromatic rings. The van der Waals surface area contributed by atoms with Gasteiger partial charge in [-0.15, -0.1) is 24.0 Å². The highest BCUT2D eigenvalue weighted by molar-refractivity contribution is 14.0. The first kappa shape index (κ1) is 20.5. The monoisotopic (exact) mass is 443 g/mol. The Morgan fingerprint density at radius 2 is 2.08 bits per heavy atom. The first-order valence-electron chi connectivity index (χ1n) is 7.93. The van der Waals surface area contributed by atoms with E-state index in [4.69, 9.17) is 4.74 Å². The molecule has 0 radical (unpaired) electrons. The van der Waals surface area contributed by atoms with Crippen LogP contribution in [0.3, 0.4) is 0 Å². The number of carbonyl (C=O) groups is 1. The number of halogens is 1. The van der Waals surface area contributed by atoms with Gasteiger partial charge in [0, 0.05) is 26.7 Å². The Balaban J connectivity index is 0.00000288. The van der Waals surface area contributed by atoms with Crippen molar-refractivity contribution in [3.05, 3.63) is 42.0 Å². The summed E-state index contributed by atoms with van der Waals surface area (Å²) in [5, 5.41) is 3.25. The van der Waals surface area contributed by atoms with E-state index in [2.05, 4.69) is 45.6 Å². The van der Waals surface area contributed by atoms with Crippen molar-refractivity contribution in [2.75, 3.05) is 33.8 Å². The van der Waals surface area contributed by atoms with Gasteiger partial charge in [0.15, 0.2) is 5.96 Å². The van der Waals surface area contributed by atoms with Crippen LogP contribution in [0, 0.1) is 5.92 Å². The van der Waals surface area contributed by atoms with E-state index in [1.54, 1.807) is 7.05 Å². The second-order valence-corrected chi connectivity index (χ2v) is 5.64. The fourth-order valence-corrected chi connectivity index (χ4v) is 2.64. The summed E-state index contributed by atoms with van der Waals surface area (Å²) in [6, 6.07) is 10.5. The van der Waals surface area contributed by atoms with Gasteiger partial charge in [0.25, 0.3) is 0 Å². The zero-order chi connectivity index (χ0) is 16.7. The lowest BCUT2D eigenvalue weighted by atomic mass is 10.00. The molecule has 0 bridgehead atoms. The highest BCUT2D eigenvalue weighted by atomic mass is 127. The number of nitrogens with one attached hydrogen (secondary N) is 1. The SMILES string of the molecule is CN=C(NCC(C)C(=O)OC)N1CC=C(c2ccccc2)CC1.I. The van der Waals surface area contributed by atoms with Crippen LogP contribution in [0.15, 0.2) is 41.4 Å². The molecule has 5 nitrogen and oxygen atoms in total. The van der Waals surface area contributed by atoms with Gasteiger partial charge in [-0.05, 0) is 17.6 Å². The Kier molecular flexibility index (Phi) is 8.81. The van der Waals surface area contributed by atoms with Gasteiger partial charge in [0.2, 0.25) is 0 Å². The number of nitrogens with zero attached hydrogens (tertiary/aromatic N) is 2. The fraction of sp³-hybridized carbons (Fsp3) is 0.444. The van der Waals surface area contributed by atoms with Crippen LogP contribution in [0.4, 0.5) is 0 Å². The van der Waals surface area contributed by atoms with Gasteiger partial charge in [0.05, 0.1) is 13.0 Å². The molecule has 1 aliphatic rings. The van der Waals surface area contributed by atoms with Crippen molar-refractivity contribution < 1.29 is 9.53 Å². The minimum absolute atomic E-state index is 0. The molecule has 0 spiro atoms. The van der Waals surface area contributed by atoms with Crippen molar-refractivity contribution >= 4 is 41.5 Å². The normalized spacial score (nSPS) is 15.9. The third-order valence-electron chi connectivity index (χ3n) is 4.03. The van der Waals surface area contributed by atoms with Crippen LogP contribution in [-0.4, -0.2) is 50.6 Å². The number of rotatable bonds is 4. The van der Waals surface area contributed by atoms with Crippen molar-refractivity contribution in [1.29, 1.82) is 0 Å². The molecule has 1 unspecified atom stereocenters. The number of esters is 1. The van der Waals surface area contributed by atoms with Crippen LogP contribution in [0.25, 0.3) is 5.57 Å². The summed E-state index contributed by atoms with van der Waals surface area (Å²) in [5.74, 6) is 0.416. The third kappa shape index (κ3) is 5.51. The standard InChI is InChI=1S/C18H25N3O2.HI/c1-14(17(22)23-3)13-20-18(19-2)21-11-9-16(10-12-21)15-7-5-4-6-8-15;/h4-9,14H,10-13H2,1-3H3,(H,19,20);1H. The van der Waals surface area contributed by atoms with Crippen LogP contribution < -0.4 is 5.32 Å². The van der Waals surface area contributed by atoms with Gasteiger partial charge in [-0.25, -0.2) is 0 Å². The molecule has 1 heterocycles. The molecular formula is C18H26IN3O2. The Labute approximate surface area is 161 Å². The highest BCUT2D eigenvalue weighted by Gasteiger charge is 2.18. The summed E-state index contributed by atoms with van der Waals surface area (Å²) in [4.78, 5) is 18.0. The molecule has 0 amide bonds.